The van der Waals surface area contributed by atoms with Gasteiger partial charge in [0.05, 0.1) is 0 Å². The molecule has 0 saturated heterocycles. The number of oxazole rings is 1. The smallest absolute Gasteiger partial charge is 0.198 e. The van der Waals surface area contributed by atoms with Gasteiger partial charge in [-0.25, -0.2) is 4.98 Å². The number of aryl methyl sites for hydroxylation is 1. The number of aromatic nitrogens is 1. The Kier molecular flexibility index (Phi) is 2.00. The Morgan fingerprint density at radius 3 is 3.08 bits per heavy atom. The zero-order valence-corrected chi connectivity index (χ0v) is 7.38. The predicted octanol–water partition coefficient (Wildman–Crippen LogP) is 1.92. The third-order valence-corrected chi connectivity index (χ3v) is 2.13. The van der Waals surface area contributed by atoms with E-state index in [1.807, 2.05) is 0 Å². The first kappa shape index (κ1) is 8.23. The summed E-state index contributed by atoms with van der Waals surface area (Å²) in [6.45, 7) is 3.60. The molecule has 0 radical (unpaired) electrons. The summed E-state index contributed by atoms with van der Waals surface area (Å²) < 4.78 is 5.41. The Bertz CT molecular complexity index is 352. The van der Waals surface area contributed by atoms with Crippen LogP contribution in [-0.4, -0.2) is 10.8 Å². The van der Waals surface area contributed by atoms with E-state index in [0.717, 1.165) is 18.6 Å². The van der Waals surface area contributed by atoms with Crippen molar-refractivity contribution in [2.24, 2.45) is 0 Å². The first-order valence-corrected chi connectivity index (χ1v) is 4.44. The molecule has 1 aromatic heterocycles. The standard InChI is InChI=1S/C10H11NO2/c1-2-4-9-11-10-7(12)5-3-6-8(10)13-9/h2H,1,3-6H2. The highest BCUT2D eigenvalue weighted by molar-refractivity contribution is 5.96. The number of Topliss-reactive ketones (excluding diaryl/α,β-unsaturated/α-hetero) is 1. The highest BCUT2D eigenvalue weighted by Crippen LogP contribution is 2.21. The fourth-order valence-electron chi connectivity index (χ4n) is 1.53. The Hall–Kier alpha value is -1.38. The number of allylic oxidation sites excluding steroid dienone is 1. The molecule has 2 rings (SSSR count). The molecule has 0 unspecified atom stereocenters. The van der Waals surface area contributed by atoms with Crippen LogP contribution in [0.1, 0.15) is 35.0 Å². The van der Waals surface area contributed by atoms with Crippen LogP contribution in [0.2, 0.25) is 0 Å². The van der Waals surface area contributed by atoms with E-state index in [-0.39, 0.29) is 5.78 Å². The van der Waals surface area contributed by atoms with Crippen LogP contribution >= 0.6 is 0 Å². The number of ketones is 1. The Morgan fingerprint density at radius 2 is 2.38 bits per heavy atom. The summed E-state index contributed by atoms with van der Waals surface area (Å²) in [5.74, 6) is 1.48. The molecule has 13 heavy (non-hydrogen) atoms. The van der Waals surface area contributed by atoms with Gasteiger partial charge in [0.2, 0.25) is 0 Å². The summed E-state index contributed by atoms with van der Waals surface area (Å²) in [6, 6.07) is 0. The molecule has 3 nitrogen and oxygen atoms in total. The first-order valence-electron chi connectivity index (χ1n) is 4.44. The number of nitrogens with zero attached hydrogens (tertiary/aromatic N) is 1. The molecule has 1 aromatic rings. The van der Waals surface area contributed by atoms with Crippen LogP contribution in [-0.2, 0) is 12.8 Å². The third kappa shape index (κ3) is 1.41. The summed E-state index contributed by atoms with van der Waals surface area (Å²) in [5, 5.41) is 0. The van der Waals surface area contributed by atoms with Crippen molar-refractivity contribution in [3.8, 4) is 0 Å². The number of carbonyl (C=O) groups excluding carboxylic acids is 1. The number of carbonyl (C=O) groups is 1. The molecule has 1 aliphatic carbocycles. The molecule has 68 valence electrons. The fraction of sp³-hybridized carbons (Fsp3) is 0.400. The van der Waals surface area contributed by atoms with Crippen molar-refractivity contribution in [1.29, 1.82) is 0 Å². The molecule has 0 amide bonds. The molecule has 0 fully saturated rings. The molecule has 0 aliphatic heterocycles. The van der Waals surface area contributed by atoms with Crippen molar-refractivity contribution >= 4 is 5.78 Å². The molecule has 0 spiro atoms. The molecule has 0 N–H and O–H groups in total. The monoisotopic (exact) mass is 177 g/mol. The van der Waals surface area contributed by atoms with Gasteiger partial charge in [-0.05, 0) is 6.42 Å². The maximum absolute atomic E-state index is 11.4. The predicted molar refractivity (Wildman–Crippen MR) is 47.7 cm³/mol. The Morgan fingerprint density at radius 1 is 1.54 bits per heavy atom. The van der Waals surface area contributed by atoms with Gasteiger partial charge in [0.15, 0.2) is 11.7 Å². The van der Waals surface area contributed by atoms with Gasteiger partial charge in [0.1, 0.15) is 11.5 Å². The van der Waals surface area contributed by atoms with Crippen molar-refractivity contribution in [2.45, 2.75) is 25.7 Å². The Balaban J connectivity index is 2.36. The van der Waals surface area contributed by atoms with E-state index in [0.29, 0.717) is 24.4 Å². The average Bonchev–Trinajstić information content (AvgIpc) is 2.49. The topological polar surface area (TPSA) is 43.1 Å². The van der Waals surface area contributed by atoms with Crippen molar-refractivity contribution < 1.29 is 9.21 Å². The summed E-state index contributed by atoms with van der Waals surface area (Å²) in [5.41, 5.74) is 0.545. The van der Waals surface area contributed by atoms with Crippen LogP contribution in [0, 0.1) is 0 Å². The lowest BCUT2D eigenvalue weighted by Crippen LogP contribution is -2.09. The lowest BCUT2D eigenvalue weighted by molar-refractivity contribution is 0.0965. The number of hydrogen-bond acceptors (Lipinski definition) is 3. The van der Waals surface area contributed by atoms with Crippen LogP contribution in [0.25, 0.3) is 0 Å². The minimum absolute atomic E-state index is 0.111. The fourth-order valence-corrected chi connectivity index (χ4v) is 1.53. The minimum Gasteiger partial charge on any atom is -0.445 e. The third-order valence-electron chi connectivity index (χ3n) is 2.13. The van der Waals surface area contributed by atoms with Gasteiger partial charge < -0.3 is 4.42 Å². The van der Waals surface area contributed by atoms with E-state index >= 15 is 0 Å². The second kappa shape index (κ2) is 3.17. The summed E-state index contributed by atoms with van der Waals surface area (Å²) in [7, 11) is 0. The first-order chi connectivity index (χ1) is 6.31. The van der Waals surface area contributed by atoms with Gasteiger partial charge in [-0.3, -0.25) is 4.79 Å². The van der Waals surface area contributed by atoms with Crippen molar-refractivity contribution in [3.05, 3.63) is 30.0 Å². The molecule has 1 aliphatic rings. The van der Waals surface area contributed by atoms with Gasteiger partial charge in [-0.15, -0.1) is 6.58 Å². The van der Waals surface area contributed by atoms with Gasteiger partial charge >= 0.3 is 0 Å². The number of fused-ring (bicyclic) bond motifs is 1. The minimum atomic E-state index is 0.111. The zero-order valence-electron chi connectivity index (χ0n) is 7.38. The average molecular weight is 177 g/mol. The molecule has 3 heteroatoms. The second-order valence-corrected chi connectivity index (χ2v) is 3.15. The highest BCUT2D eigenvalue weighted by atomic mass is 16.4. The molecule has 0 saturated carbocycles. The molecule has 1 heterocycles. The Labute approximate surface area is 76.5 Å². The SMILES string of the molecule is C=CCc1nc2c(o1)CCCC2=O. The highest BCUT2D eigenvalue weighted by Gasteiger charge is 2.23. The van der Waals surface area contributed by atoms with Gasteiger partial charge in [-0.1, -0.05) is 6.08 Å². The zero-order chi connectivity index (χ0) is 9.26. The number of rotatable bonds is 2. The van der Waals surface area contributed by atoms with E-state index < -0.39 is 0 Å². The van der Waals surface area contributed by atoms with Crippen LogP contribution in [0.15, 0.2) is 17.1 Å². The molecular weight excluding hydrogens is 166 g/mol. The summed E-state index contributed by atoms with van der Waals surface area (Å²) >= 11 is 0. The maximum atomic E-state index is 11.4. The largest absolute Gasteiger partial charge is 0.445 e. The van der Waals surface area contributed by atoms with Gasteiger partial charge in [-0.2, -0.15) is 0 Å². The number of hydrogen-bond donors (Lipinski definition) is 0. The molecule has 0 atom stereocenters. The van der Waals surface area contributed by atoms with E-state index in [9.17, 15) is 4.79 Å². The summed E-state index contributed by atoms with van der Waals surface area (Å²) in [4.78, 5) is 15.5. The van der Waals surface area contributed by atoms with Crippen molar-refractivity contribution in [2.75, 3.05) is 0 Å². The van der Waals surface area contributed by atoms with E-state index in [2.05, 4.69) is 11.6 Å². The van der Waals surface area contributed by atoms with Crippen molar-refractivity contribution in [3.63, 3.8) is 0 Å². The van der Waals surface area contributed by atoms with Crippen molar-refractivity contribution in [1.82, 2.24) is 4.98 Å². The molecule has 0 bridgehead atoms. The van der Waals surface area contributed by atoms with Crippen LogP contribution in [0.3, 0.4) is 0 Å². The van der Waals surface area contributed by atoms with Crippen LogP contribution in [0.5, 0.6) is 0 Å². The van der Waals surface area contributed by atoms with E-state index in [1.54, 1.807) is 6.08 Å². The van der Waals surface area contributed by atoms with E-state index in [4.69, 9.17) is 4.42 Å². The summed E-state index contributed by atoms with van der Waals surface area (Å²) in [6.07, 6.45) is 4.65. The second-order valence-electron chi connectivity index (χ2n) is 3.15. The van der Waals surface area contributed by atoms with Crippen LogP contribution < -0.4 is 0 Å². The molecular formula is C10H11NO2. The lowest BCUT2D eigenvalue weighted by Gasteiger charge is -2.04. The maximum Gasteiger partial charge on any atom is 0.198 e. The van der Waals surface area contributed by atoms with Gasteiger partial charge in [0, 0.05) is 19.3 Å². The van der Waals surface area contributed by atoms with Gasteiger partial charge in [0.25, 0.3) is 0 Å². The normalized spacial score (nSPS) is 15.5. The lowest BCUT2D eigenvalue weighted by atomic mass is 10.0. The molecule has 0 aromatic carbocycles. The van der Waals surface area contributed by atoms with Crippen LogP contribution in [0.4, 0.5) is 0 Å². The quantitative estimate of drug-likeness (QED) is 0.648. The van der Waals surface area contributed by atoms with E-state index in [1.165, 1.54) is 0 Å².